The van der Waals surface area contributed by atoms with Gasteiger partial charge in [-0.1, -0.05) is 49.1 Å². The van der Waals surface area contributed by atoms with Crippen LogP contribution in [0.25, 0.3) is 0 Å². The molecule has 2 aliphatic rings. The van der Waals surface area contributed by atoms with Crippen molar-refractivity contribution in [3.05, 3.63) is 90.5 Å². The van der Waals surface area contributed by atoms with Gasteiger partial charge in [0.05, 0.1) is 12.1 Å². The molecule has 0 saturated carbocycles. The average Bonchev–Trinajstić information content (AvgIpc) is 3.26. The van der Waals surface area contributed by atoms with E-state index in [4.69, 9.17) is 4.74 Å². The van der Waals surface area contributed by atoms with Gasteiger partial charge in [0.2, 0.25) is 0 Å². The Morgan fingerprint density at radius 3 is 2.71 bits per heavy atom. The summed E-state index contributed by atoms with van der Waals surface area (Å²) >= 11 is 0. The summed E-state index contributed by atoms with van der Waals surface area (Å²) in [5.41, 5.74) is 3.61. The minimum absolute atomic E-state index is 0.0661. The number of amides is 2. The number of nitrogens with zero attached hydrogens (tertiary/aromatic N) is 1. The lowest BCUT2D eigenvalue weighted by Gasteiger charge is -2.39. The van der Waals surface area contributed by atoms with E-state index in [1.807, 2.05) is 36.4 Å². The van der Waals surface area contributed by atoms with Gasteiger partial charge in [0.25, 0.3) is 5.91 Å². The molecule has 160 valence electrons. The topological polar surface area (TPSA) is 70.7 Å². The van der Waals surface area contributed by atoms with Crippen LogP contribution in [0, 0.1) is 5.92 Å². The summed E-state index contributed by atoms with van der Waals surface area (Å²) < 4.78 is 5.37. The van der Waals surface area contributed by atoms with Gasteiger partial charge in [0.15, 0.2) is 0 Å². The number of nitrogens with one attached hydrogen (secondary N) is 2. The standard InChI is InChI=1S/C25H27N3O3/c1-3-13-26-24(29)18-10-11-21-20(16-18)23-19(12-14-28(23)25(30)31-15-4-2)22(27-21)17-8-6-5-7-9-17/h3-11,16,19,22-23,27H,1-2,12-15H2,(H,26,29). The van der Waals surface area contributed by atoms with E-state index in [9.17, 15) is 9.59 Å². The van der Waals surface area contributed by atoms with E-state index in [0.29, 0.717) is 18.7 Å². The van der Waals surface area contributed by atoms with E-state index in [1.165, 1.54) is 5.56 Å². The molecule has 2 heterocycles. The zero-order valence-corrected chi connectivity index (χ0v) is 17.4. The van der Waals surface area contributed by atoms with E-state index < -0.39 is 0 Å². The first-order valence-corrected chi connectivity index (χ1v) is 10.5. The minimum Gasteiger partial charge on any atom is -0.445 e. The number of carbonyl (C=O) groups is 2. The molecule has 2 N–H and O–H groups in total. The molecule has 3 atom stereocenters. The number of hydrogen-bond acceptors (Lipinski definition) is 4. The van der Waals surface area contributed by atoms with Crippen molar-refractivity contribution in [2.45, 2.75) is 18.5 Å². The van der Waals surface area contributed by atoms with Gasteiger partial charge in [-0.2, -0.15) is 0 Å². The number of carbonyl (C=O) groups excluding carboxylic acids is 2. The molecule has 0 aliphatic carbocycles. The van der Waals surface area contributed by atoms with Crippen LogP contribution in [0.15, 0.2) is 73.8 Å². The first-order chi connectivity index (χ1) is 15.1. The number of hydrogen-bond donors (Lipinski definition) is 2. The highest BCUT2D eigenvalue weighted by Crippen LogP contribution is 2.51. The fraction of sp³-hybridized carbons (Fsp3) is 0.280. The third-order valence-electron chi connectivity index (χ3n) is 5.94. The molecule has 0 radical (unpaired) electrons. The lowest BCUT2D eigenvalue weighted by molar-refractivity contribution is 0.0957. The maximum absolute atomic E-state index is 12.8. The number of fused-ring (bicyclic) bond motifs is 3. The molecule has 2 amide bonds. The van der Waals surface area contributed by atoms with Gasteiger partial charge in [0.1, 0.15) is 6.61 Å². The Hall–Kier alpha value is -3.54. The molecule has 31 heavy (non-hydrogen) atoms. The highest BCUT2D eigenvalue weighted by atomic mass is 16.6. The smallest absolute Gasteiger partial charge is 0.410 e. The summed E-state index contributed by atoms with van der Waals surface area (Å²) in [6.45, 7) is 8.44. The van der Waals surface area contributed by atoms with E-state index in [-0.39, 0.29) is 36.6 Å². The normalized spacial score (nSPS) is 21.3. The summed E-state index contributed by atoms with van der Waals surface area (Å²) in [5.74, 6) is 0.000816. The Balaban J connectivity index is 1.73. The molecule has 2 aromatic carbocycles. The molecular weight excluding hydrogens is 390 g/mol. The van der Waals surface area contributed by atoms with Crippen molar-refractivity contribution in [3.63, 3.8) is 0 Å². The molecule has 4 rings (SSSR count). The summed E-state index contributed by atoms with van der Waals surface area (Å²) in [7, 11) is 0. The first kappa shape index (κ1) is 20.7. The molecule has 0 bridgehead atoms. The fourth-order valence-corrected chi connectivity index (χ4v) is 4.59. The number of rotatable bonds is 6. The van der Waals surface area contributed by atoms with Crippen molar-refractivity contribution in [1.82, 2.24) is 10.2 Å². The Kier molecular flexibility index (Phi) is 6.07. The van der Waals surface area contributed by atoms with Gasteiger partial charge in [-0.3, -0.25) is 4.79 Å². The maximum Gasteiger partial charge on any atom is 0.410 e. The fourth-order valence-electron chi connectivity index (χ4n) is 4.59. The first-order valence-electron chi connectivity index (χ1n) is 10.5. The van der Waals surface area contributed by atoms with Crippen LogP contribution in [-0.2, 0) is 4.74 Å². The van der Waals surface area contributed by atoms with Gasteiger partial charge in [-0.05, 0) is 35.7 Å². The van der Waals surface area contributed by atoms with Crippen LogP contribution in [-0.4, -0.2) is 36.6 Å². The monoisotopic (exact) mass is 417 g/mol. The Bertz CT molecular complexity index is 989. The summed E-state index contributed by atoms with van der Waals surface area (Å²) in [6.07, 6.45) is 3.70. The van der Waals surface area contributed by atoms with Gasteiger partial charge < -0.3 is 20.3 Å². The highest BCUT2D eigenvalue weighted by molar-refractivity contribution is 5.95. The van der Waals surface area contributed by atoms with Crippen LogP contribution < -0.4 is 10.6 Å². The van der Waals surface area contributed by atoms with Crippen molar-refractivity contribution in [2.24, 2.45) is 5.92 Å². The third kappa shape index (κ3) is 4.06. The molecule has 6 heteroatoms. The second kappa shape index (κ2) is 9.08. The Morgan fingerprint density at radius 2 is 1.97 bits per heavy atom. The second-order valence-electron chi connectivity index (χ2n) is 7.79. The molecule has 2 aliphatic heterocycles. The molecule has 1 fully saturated rings. The average molecular weight is 418 g/mol. The van der Waals surface area contributed by atoms with Crippen LogP contribution >= 0.6 is 0 Å². The van der Waals surface area contributed by atoms with Crippen LogP contribution in [0.3, 0.4) is 0 Å². The van der Waals surface area contributed by atoms with E-state index in [1.54, 1.807) is 17.1 Å². The Labute approximate surface area is 182 Å². The van der Waals surface area contributed by atoms with E-state index in [2.05, 4.69) is 35.9 Å². The van der Waals surface area contributed by atoms with Crippen molar-refractivity contribution < 1.29 is 14.3 Å². The molecule has 2 aromatic rings. The van der Waals surface area contributed by atoms with Gasteiger partial charge in [-0.25, -0.2) is 4.79 Å². The molecular formula is C25H27N3O3. The Morgan fingerprint density at radius 1 is 1.16 bits per heavy atom. The molecule has 3 unspecified atom stereocenters. The lowest BCUT2D eigenvalue weighted by Crippen LogP contribution is -2.38. The lowest BCUT2D eigenvalue weighted by atomic mass is 9.79. The summed E-state index contributed by atoms with van der Waals surface area (Å²) in [4.78, 5) is 27.1. The third-order valence-corrected chi connectivity index (χ3v) is 5.94. The number of likely N-dealkylation sites (tertiary alicyclic amines) is 1. The second-order valence-corrected chi connectivity index (χ2v) is 7.79. The SMILES string of the molecule is C=CCNC(=O)c1ccc2c(c1)C1C(CCN1C(=O)OCC=C)C(c1ccccc1)N2. The van der Waals surface area contributed by atoms with Gasteiger partial charge in [-0.15, -0.1) is 6.58 Å². The quantitative estimate of drug-likeness (QED) is 0.681. The van der Waals surface area contributed by atoms with Crippen LogP contribution in [0.2, 0.25) is 0 Å². The largest absolute Gasteiger partial charge is 0.445 e. The van der Waals surface area contributed by atoms with Gasteiger partial charge in [0, 0.05) is 30.3 Å². The van der Waals surface area contributed by atoms with Crippen molar-refractivity contribution in [2.75, 3.05) is 25.0 Å². The van der Waals surface area contributed by atoms with Crippen molar-refractivity contribution >= 4 is 17.7 Å². The predicted molar refractivity (Wildman–Crippen MR) is 121 cm³/mol. The number of ether oxygens (including phenoxy) is 1. The van der Waals surface area contributed by atoms with Gasteiger partial charge >= 0.3 is 6.09 Å². The van der Waals surface area contributed by atoms with E-state index >= 15 is 0 Å². The van der Waals surface area contributed by atoms with Crippen LogP contribution in [0.4, 0.5) is 10.5 Å². The predicted octanol–water partition coefficient (Wildman–Crippen LogP) is 4.45. The van der Waals surface area contributed by atoms with Crippen molar-refractivity contribution in [1.29, 1.82) is 0 Å². The minimum atomic E-state index is -0.353. The van der Waals surface area contributed by atoms with E-state index in [0.717, 1.165) is 17.7 Å². The highest BCUT2D eigenvalue weighted by Gasteiger charge is 2.47. The summed E-state index contributed by atoms with van der Waals surface area (Å²) in [5, 5.41) is 6.47. The zero-order valence-electron chi connectivity index (χ0n) is 17.4. The molecule has 1 saturated heterocycles. The molecule has 0 spiro atoms. The maximum atomic E-state index is 12.8. The van der Waals surface area contributed by atoms with Crippen molar-refractivity contribution in [3.8, 4) is 0 Å². The van der Waals surface area contributed by atoms with Crippen LogP contribution in [0.1, 0.15) is 40.0 Å². The zero-order chi connectivity index (χ0) is 21.8. The van der Waals surface area contributed by atoms with Crippen LogP contribution in [0.5, 0.6) is 0 Å². The number of benzene rings is 2. The molecule has 6 nitrogen and oxygen atoms in total. The number of anilines is 1. The summed E-state index contributed by atoms with van der Waals surface area (Å²) in [6, 6.07) is 15.8. The molecule has 0 aromatic heterocycles.